The Hall–Kier alpha value is -1.90. The number of hydrogen-bond acceptors (Lipinski definition) is 2. The Morgan fingerprint density at radius 1 is 1.38 bits per heavy atom. The summed E-state index contributed by atoms with van der Waals surface area (Å²) in [6, 6.07) is 10.4. The van der Waals surface area contributed by atoms with Crippen LogP contribution < -0.4 is 0 Å². The highest BCUT2D eigenvalue weighted by Gasteiger charge is 2.26. The quantitative estimate of drug-likeness (QED) is 0.861. The Morgan fingerprint density at radius 2 is 2.19 bits per heavy atom. The molecule has 0 radical (unpaired) electrons. The third-order valence-corrected chi connectivity index (χ3v) is 4.40. The molecule has 3 rings (SSSR count). The number of aromatic nitrogens is 2. The molecule has 2 aromatic rings. The standard InChI is InChI=1S/C18H22N2O/c1-3-20-15(11-13(2)19-20)12-18(21)17-10-6-8-14-7-4-5-9-16(14)17/h4-5,7,9,11,17H,3,6,8,10,12H2,1-2H3. The molecule has 1 aromatic heterocycles. The summed E-state index contributed by atoms with van der Waals surface area (Å²) < 4.78 is 1.95. The van der Waals surface area contributed by atoms with Crippen LogP contribution in [-0.2, 0) is 24.2 Å². The van der Waals surface area contributed by atoms with E-state index < -0.39 is 0 Å². The zero-order valence-electron chi connectivity index (χ0n) is 12.8. The lowest BCUT2D eigenvalue weighted by atomic mass is 9.79. The third-order valence-electron chi connectivity index (χ3n) is 4.40. The number of nitrogens with zero attached hydrogens (tertiary/aromatic N) is 2. The van der Waals surface area contributed by atoms with Crippen LogP contribution in [0.2, 0.25) is 0 Å². The van der Waals surface area contributed by atoms with E-state index in [0.717, 1.165) is 37.2 Å². The van der Waals surface area contributed by atoms with E-state index in [1.54, 1.807) is 0 Å². The topological polar surface area (TPSA) is 34.9 Å². The van der Waals surface area contributed by atoms with E-state index in [4.69, 9.17) is 0 Å². The van der Waals surface area contributed by atoms with E-state index in [1.165, 1.54) is 11.1 Å². The van der Waals surface area contributed by atoms with Crippen LogP contribution in [0.25, 0.3) is 0 Å². The van der Waals surface area contributed by atoms with E-state index in [0.29, 0.717) is 12.2 Å². The minimum Gasteiger partial charge on any atom is -0.299 e. The molecule has 0 N–H and O–H groups in total. The average molecular weight is 282 g/mol. The fourth-order valence-corrected chi connectivity index (χ4v) is 3.41. The lowest BCUT2D eigenvalue weighted by Crippen LogP contribution is -2.21. The molecule has 110 valence electrons. The van der Waals surface area contributed by atoms with Crippen LogP contribution in [0.15, 0.2) is 30.3 Å². The lowest BCUT2D eigenvalue weighted by Gasteiger charge is -2.24. The van der Waals surface area contributed by atoms with E-state index in [9.17, 15) is 4.79 Å². The van der Waals surface area contributed by atoms with Gasteiger partial charge in [0.05, 0.1) is 5.69 Å². The summed E-state index contributed by atoms with van der Waals surface area (Å²) in [5, 5.41) is 4.44. The Kier molecular flexibility index (Phi) is 3.91. The smallest absolute Gasteiger partial charge is 0.146 e. The summed E-state index contributed by atoms with van der Waals surface area (Å²) in [7, 11) is 0. The number of benzene rings is 1. The van der Waals surface area contributed by atoms with Crippen molar-refractivity contribution in [2.24, 2.45) is 0 Å². The SMILES string of the molecule is CCn1nc(C)cc1CC(=O)C1CCCc2ccccc21. The molecule has 0 saturated heterocycles. The van der Waals surface area contributed by atoms with Crippen LogP contribution in [0, 0.1) is 6.92 Å². The predicted molar refractivity (Wildman–Crippen MR) is 83.5 cm³/mol. The second kappa shape index (κ2) is 5.84. The highest BCUT2D eigenvalue weighted by molar-refractivity contribution is 5.88. The molecule has 1 aromatic carbocycles. The Morgan fingerprint density at radius 3 is 3.00 bits per heavy atom. The van der Waals surface area contributed by atoms with Crippen molar-refractivity contribution < 1.29 is 4.79 Å². The van der Waals surface area contributed by atoms with E-state index in [1.807, 2.05) is 23.7 Å². The van der Waals surface area contributed by atoms with Gasteiger partial charge in [-0.2, -0.15) is 5.10 Å². The second-order valence-corrected chi connectivity index (χ2v) is 5.88. The molecule has 0 spiro atoms. The van der Waals surface area contributed by atoms with Crippen LogP contribution in [0.4, 0.5) is 0 Å². The Bertz CT molecular complexity index is 657. The van der Waals surface area contributed by atoms with Crippen molar-refractivity contribution in [3.63, 3.8) is 0 Å². The predicted octanol–water partition coefficient (Wildman–Crippen LogP) is 3.44. The highest BCUT2D eigenvalue weighted by atomic mass is 16.1. The van der Waals surface area contributed by atoms with Gasteiger partial charge in [0.25, 0.3) is 0 Å². The van der Waals surface area contributed by atoms with Crippen LogP contribution in [0.1, 0.15) is 48.2 Å². The van der Waals surface area contributed by atoms with Gasteiger partial charge in [-0.05, 0) is 50.3 Å². The first-order chi connectivity index (χ1) is 10.2. The molecule has 1 aliphatic rings. The summed E-state index contributed by atoms with van der Waals surface area (Å²) in [6.45, 7) is 4.87. The van der Waals surface area contributed by atoms with Crippen molar-refractivity contribution in [2.75, 3.05) is 0 Å². The van der Waals surface area contributed by atoms with Crippen LogP contribution in [0.3, 0.4) is 0 Å². The minimum absolute atomic E-state index is 0.0652. The summed E-state index contributed by atoms with van der Waals surface area (Å²) in [6.07, 6.45) is 3.69. The number of Topliss-reactive ketones (excluding diaryl/α,β-unsaturated/α-hetero) is 1. The molecule has 3 nitrogen and oxygen atoms in total. The zero-order chi connectivity index (χ0) is 14.8. The maximum Gasteiger partial charge on any atom is 0.146 e. The molecule has 1 unspecified atom stereocenters. The number of carbonyl (C=O) groups is 1. The highest BCUT2D eigenvalue weighted by Crippen LogP contribution is 2.32. The number of hydrogen-bond donors (Lipinski definition) is 0. The van der Waals surface area contributed by atoms with Gasteiger partial charge in [0, 0.05) is 24.6 Å². The largest absolute Gasteiger partial charge is 0.299 e. The first-order valence-electron chi connectivity index (χ1n) is 7.83. The molecule has 0 amide bonds. The summed E-state index contributed by atoms with van der Waals surface area (Å²) in [4.78, 5) is 12.8. The third kappa shape index (κ3) is 2.78. The molecule has 0 fully saturated rings. The van der Waals surface area contributed by atoms with E-state index in [2.05, 4.69) is 30.2 Å². The van der Waals surface area contributed by atoms with Crippen LogP contribution in [0.5, 0.6) is 0 Å². The molecule has 21 heavy (non-hydrogen) atoms. The van der Waals surface area contributed by atoms with Crippen molar-refractivity contribution in [1.82, 2.24) is 9.78 Å². The minimum atomic E-state index is 0.0652. The Balaban J connectivity index is 1.83. The monoisotopic (exact) mass is 282 g/mol. The number of carbonyl (C=O) groups excluding carboxylic acids is 1. The molecule has 0 saturated carbocycles. The van der Waals surface area contributed by atoms with Gasteiger partial charge in [-0.1, -0.05) is 24.3 Å². The van der Waals surface area contributed by atoms with Gasteiger partial charge in [0.15, 0.2) is 0 Å². The maximum absolute atomic E-state index is 12.8. The van der Waals surface area contributed by atoms with Crippen LogP contribution >= 0.6 is 0 Å². The number of aryl methyl sites for hydroxylation is 3. The van der Waals surface area contributed by atoms with Gasteiger partial charge in [-0.3, -0.25) is 9.48 Å². The summed E-state index contributed by atoms with van der Waals surface area (Å²) in [5.41, 5.74) is 4.63. The van der Waals surface area contributed by atoms with Crippen molar-refractivity contribution >= 4 is 5.78 Å². The first kappa shape index (κ1) is 14.1. The van der Waals surface area contributed by atoms with Gasteiger partial charge < -0.3 is 0 Å². The first-order valence-corrected chi connectivity index (χ1v) is 7.83. The fourth-order valence-electron chi connectivity index (χ4n) is 3.41. The van der Waals surface area contributed by atoms with Gasteiger partial charge >= 0.3 is 0 Å². The molecule has 0 bridgehead atoms. The fraction of sp³-hybridized carbons (Fsp3) is 0.444. The summed E-state index contributed by atoms with van der Waals surface area (Å²) >= 11 is 0. The van der Waals surface area contributed by atoms with Crippen molar-refractivity contribution in [3.05, 3.63) is 52.8 Å². The normalized spacial score (nSPS) is 17.5. The maximum atomic E-state index is 12.8. The van der Waals surface area contributed by atoms with Crippen LogP contribution in [-0.4, -0.2) is 15.6 Å². The van der Waals surface area contributed by atoms with Gasteiger partial charge in [-0.15, -0.1) is 0 Å². The molecule has 1 heterocycles. The number of fused-ring (bicyclic) bond motifs is 1. The molecule has 1 atom stereocenters. The lowest BCUT2D eigenvalue weighted by molar-refractivity contribution is -0.120. The van der Waals surface area contributed by atoms with Gasteiger partial charge in [0.2, 0.25) is 0 Å². The van der Waals surface area contributed by atoms with E-state index >= 15 is 0 Å². The van der Waals surface area contributed by atoms with Crippen molar-refractivity contribution in [2.45, 2.75) is 52.0 Å². The summed E-state index contributed by atoms with van der Waals surface area (Å²) in [5.74, 6) is 0.396. The number of rotatable bonds is 4. The molecule has 3 heteroatoms. The molecular formula is C18H22N2O. The zero-order valence-corrected chi connectivity index (χ0v) is 12.8. The van der Waals surface area contributed by atoms with Gasteiger partial charge in [-0.25, -0.2) is 0 Å². The Labute approximate surface area is 126 Å². The molecular weight excluding hydrogens is 260 g/mol. The van der Waals surface area contributed by atoms with Gasteiger partial charge in [0.1, 0.15) is 5.78 Å². The molecule has 0 aliphatic heterocycles. The average Bonchev–Trinajstić information content (AvgIpc) is 2.86. The molecule has 1 aliphatic carbocycles. The van der Waals surface area contributed by atoms with Crippen molar-refractivity contribution in [3.8, 4) is 0 Å². The van der Waals surface area contributed by atoms with Crippen molar-refractivity contribution in [1.29, 1.82) is 0 Å². The number of ketones is 1. The second-order valence-electron chi connectivity index (χ2n) is 5.88. The van der Waals surface area contributed by atoms with E-state index in [-0.39, 0.29) is 5.92 Å².